The molecule has 2 aromatic rings. The van der Waals surface area contributed by atoms with E-state index >= 15 is 0 Å². The summed E-state index contributed by atoms with van der Waals surface area (Å²) in [6.07, 6.45) is 6.52. The van der Waals surface area contributed by atoms with Gasteiger partial charge < -0.3 is 0 Å². The molecule has 0 radical (unpaired) electrons. The molecule has 0 spiro atoms. The van der Waals surface area contributed by atoms with E-state index in [4.69, 9.17) is 0 Å². The zero-order chi connectivity index (χ0) is 18.5. The predicted molar refractivity (Wildman–Crippen MR) is 100 cm³/mol. The first-order valence-electron chi connectivity index (χ1n) is 8.34. The highest BCUT2D eigenvalue weighted by Gasteiger charge is 2.31. The fourth-order valence-corrected chi connectivity index (χ4v) is 3.04. The third kappa shape index (κ3) is 3.45. The molecule has 1 amide bonds. The van der Waals surface area contributed by atoms with Crippen LogP contribution in [0, 0.1) is 0 Å². The first kappa shape index (κ1) is 17.7. The fourth-order valence-electron chi connectivity index (χ4n) is 3.04. The van der Waals surface area contributed by atoms with Crippen molar-refractivity contribution in [2.24, 2.45) is 0 Å². The number of fused-ring (bicyclic) bond motifs is 2. The van der Waals surface area contributed by atoms with Crippen LogP contribution in [0.5, 0.6) is 0 Å². The molecule has 1 aliphatic heterocycles. The van der Waals surface area contributed by atoms with Crippen LogP contribution in [-0.2, 0) is 11.2 Å². The molecule has 0 bridgehead atoms. The van der Waals surface area contributed by atoms with Crippen LogP contribution in [0.4, 0.5) is 11.5 Å². The first-order valence-corrected chi connectivity index (χ1v) is 8.34. The molecule has 0 unspecified atom stereocenters. The van der Waals surface area contributed by atoms with Crippen molar-refractivity contribution in [3.63, 3.8) is 0 Å². The number of Topliss-reactive ketones (excluding diaryl/α,β-unsaturated/α-hetero) is 1. The maximum Gasteiger partial charge on any atom is 0.246 e. The number of hydrogen-bond donors (Lipinski definition) is 0. The lowest BCUT2D eigenvalue weighted by atomic mass is 10.1. The van der Waals surface area contributed by atoms with Gasteiger partial charge >= 0.3 is 0 Å². The lowest BCUT2D eigenvalue weighted by molar-refractivity contribution is -0.118. The van der Waals surface area contributed by atoms with Crippen molar-refractivity contribution in [1.29, 1.82) is 0 Å². The van der Waals surface area contributed by atoms with Crippen LogP contribution in [0.3, 0.4) is 0 Å². The van der Waals surface area contributed by atoms with Crippen LogP contribution in [0.2, 0.25) is 0 Å². The van der Waals surface area contributed by atoms with Gasteiger partial charge in [0.2, 0.25) is 5.91 Å². The Morgan fingerprint density at radius 1 is 1.23 bits per heavy atom. The number of hydrogen-bond acceptors (Lipinski definition) is 5. The van der Waals surface area contributed by atoms with E-state index in [1.165, 1.54) is 17.4 Å². The number of nitrogens with zero attached hydrogens (tertiary/aromatic N) is 4. The Balaban J connectivity index is 2.05. The molecule has 0 atom stereocenters. The van der Waals surface area contributed by atoms with Gasteiger partial charge in [-0.05, 0) is 11.6 Å². The first-order chi connectivity index (χ1) is 12.7. The zero-order valence-corrected chi connectivity index (χ0v) is 14.5. The summed E-state index contributed by atoms with van der Waals surface area (Å²) < 4.78 is 0. The van der Waals surface area contributed by atoms with Crippen molar-refractivity contribution >= 4 is 23.2 Å². The van der Waals surface area contributed by atoms with Gasteiger partial charge in [0, 0.05) is 25.7 Å². The summed E-state index contributed by atoms with van der Waals surface area (Å²) in [4.78, 5) is 37.4. The van der Waals surface area contributed by atoms with Crippen LogP contribution in [0.25, 0.3) is 0 Å². The molecule has 6 nitrogen and oxygen atoms in total. The van der Waals surface area contributed by atoms with Crippen LogP contribution >= 0.6 is 0 Å². The lowest BCUT2D eigenvalue weighted by Gasteiger charge is -2.26. The van der Waals surface area contributed by atoms with Gasteiger partial charge in [-0.2, -0.15) is 0 Å². The molecule has 0 saturated carbocycles. The van der Waals surface area contributed by atoms with E-state index in [0.29, 0.717) is 30.2 Å². The Hall–Kier alpha value is -3.12. The fraction of sp³-hybridized carbons (Fsp3) is 0.200. The maximum absolute atomic E-state index is 13.2. The highest BCUT2D eigenvalue weighted by molar-refractivity contribution is 6.11. The summed E-state index contributed by atoms with van der Waals surface area (Å²) >= 11 is 0. The molecular weight excluding hydrogens is 328 g/mol. The highest BCUT2D eigenvalue weighted by atomic mass is 16.2. The summed E-state index contributed by atoms with van der Waals surface area (Å²) in [5.41, 5.74) is 1.83. The van der Waals surface area contributed by atoms with Crippen LogP contribution in [-0.4, -0.2) is 46.2 Å². The monoisotopic (exact) mass is 348 g/mol. The smallest absolute Gasteiger partial charge is 0.246 e. The Morgan fingerprint density at radius 3 is 2.69 bits per heavy atom. The van der Waals surface area contributed by atoms with Crippen LogP contribution < -0.4 is 4.90 Å². The molecule has 6 heteroatoms. The van der Waals surface area contributed by atoms with E-state index in [-0.39, 0.29) is 24.7 Å². The standard InChI is InChI=1S/C20H20N4O2/c1-3-9-23(10-4-2)13-19(26)24-17-8-6-5-7-15(17)11-18(25)16-12-21-14-22-20(16)24/h3-8,12,14H,1-2,9-11,13H2. The van der Waals surface area contributed by atoms with E-state index in [1.54, 1.807) is 12.2 Å². The molecule has 3 rings (SSSR count). The van der Waals surface area contributed by atoms with Crippen molar-refractivity contribution in [2.45, 2.75) is 6.42 Å². The largest absolute Gasteiger partial charge is 0.294 e. The summed E-state index contributed by atoms with van der Waals surface area (Å²) in [5.74, 6) is 0.0605. The van der Waals surface area contributed by atoms with Crippen LogP contribution in [0.15, 0.2) is 62.1 Å². The second-order valence-corrected chi connectivity index (χ2v) is 5.99. The molecule has 0 fully saturated rings. The number of carbonyl (C=O) groups is 2. The molecule has 2 heterocycles. The number of benzene rings is 1. The Labute approximate surface area is 152 Å². The number of rotatable bonds is 6. The van der Waals surface area contributed by atoms with Gasteiger partial charge in [-0.1, -0.05) is 30.4 Å². The van der Waals surface area contributed by atoms with Gasteiger partial charge in [-0.15, -0.1) is 13.2 Å². The van der Waals surface area contributed by atoms with Gasteiger partial charge in [-0.3, -0.25) is 19.4 Å². The SMILES string of the molecule is C=CCN(CC=C)CC(=O)N1c2ccccc2CC(=O)c2cncnc21. The summed E-state index contributed by atoms with van der Waals surface area (Å²) in [6.45, 7) is 8.74. The van der Waals surface area contributed by atoms with Crippen molar-refractivity contribution in [3.8, 4) is 0 Å². The Kier molecular flexibility index (Phi) is 5.34. The minimum absolute atomic E-state index is 0.0996. The third-order valence-corrected chi connectivity index (χ3v) is 4.17. The molecule has 0 N–H and O–H groups in total. The number of aromatic nitrogens is 2. The molecule has 26 heavy (non-hydrogen) atoms. The molecule has 1 aromatic heterocycles. The average Bonchev–Trinajstić information content (AvgIpc) is 2.76. The number of ketones is 1. The molecule has 132 valence electrons. The summed E-state index contributed by atoms with van der Waals surface area (Å²) in [5, 5.41) is 0. The number of anilines is 2. The molecular formula is C20H20N4O2. The zero-order valence-electron chi connectivity index (χ0n) is 14.5. The second kappa shape index (κ2) is 7.84. The van der Waals surface area contributed by atoms with E-state index < -0.39 is 0 Å². The van der Waals surface area contributed by atoms with Crippen molar-refractivity contribution in [3.05, 3.63) is 73.2 Å². The molecule has 1 aliphatic rings. The minimum atomic E-state index is -0.171. The highest BCUT2D eigenvalue weighted by Crippen LogP contribution is 2.34. The van der Waals surface area contributed by atoms with Crippen LogP contribution in [0.1, 0.15) is 15.9 Å². The normalized spacial score (nSPS) is 13.0. The topological polar surface area (TPSA) is 66.4 Å². The van der Waals surface area contributed by atoms with Gasteiger partial charge in [0.1, 0.15) is 6.33 Å². The molecule has 0 saturated heterocycles. The van der Waals surface area contributed by atoms with E-state index in [1.807, 2.05) is 29.2 Å². The molecule has 1 aromatic carbocycles. The van der Waals surface area contributed by atoms with Gasteiger partial charge in [0.25, 0.3) is 0 Å². The minimum Gasteiger partial charge on any atom is -0.294 e. The summed E-state index contributed by atoms with van der Waals surface area (Å²) in [6, 6.07) is 7.40. The van der Waals surface area contributed by atoms with E-state index in [0.717, 1.165) is 5.56 Å². The van der Waals surface area contributed by atoms with Gasteiger partial charge in [-0.25, -0.2) is 9.97 Å². The second-order valence-electron chi connectivity index (χ2n) is 5.99. The Morgan fingerprint density at radius 2 is 1.96 bits per heavy atom. The number of amides is 1. The lowest BCUT2D eigenvalue weighted by Crippen LogP contribution is -2.39. The quantitative estimate of drug-likeness (QED) is 0.751. The van der Waals surface area contributed by atoms with Crippen molar-refractivity contribution < 1.29 is 9.59 Å². The predicted octanol–water partition coefficient (Wildman–Crippen LogP) is 2.55. The Bertz CT molecular complexity index is 852. The van der Waals surface area contributed by atoms with Crippen molar-refractivity contribution in [2.75, 3.05) is 24.5 Å². The van der Waals surface area contributed by atoms with Gasteiger partial charge in [0.15, 0.2) is 11.6 Å². The molecule has 0 aliphatic carbocycles. The average molecular weight is 348 g/mol. The van der Waals surface area contributed by atoms with Crippen molar-refractivity contribution in [1.82, 2.24) is 14.9 Å². The number of carbonyl (C=O) groups excluding carboxylic acids is 2. The van der Waals surface area contributed by atoms with Gasteiger partial charge in [0.05, 0.1) is 17.8 Å². The summed E-state index contributed by atoms with van der Waals surface area (Å²) in [7, 11) is 0. The maximum atomic E-state index is 13.2. The van der Waals surface area contributed by atoms with E-state index in [2.05, 4.69) is 23.1 Å². The third-order valence-electron chi connectivity index (χ3n) is 4.17. The van der Waals surface area contributed by atoms with E-state index in [9.17, 15) is 9.59 Å². The number of para-hydroxylation sites is 1.